The van der Waals surface area contributed by atoms with E-state index in [9.17, 15) is 0 Å². The van der Waals surface area contributed by atoms with E-state index in [4.69, 9.17) is 6.91 Å². The Morgan fingerprint density at radius 2 is 2.25 bits per heavy atom. The van der Waals surface area contributed by atoms with E-state index in [1.165, 1.54) is 0 Å². The summed E-state index contributed by atoms with van der Waals surface area (Å²) >= 11 is 3.89. The summed E-state index contributed by atoms with van der Waals surface area (Å²) in [4.78, 5) is 0. The number of hydrogen-bond donors (Lipinski definition) is 1. The summed E-state index contributed by atoms with van der Waals surface area (Å²) in [7, 11) is 0. The quantitative estimate of drug-likeness (QED) is 0.450. The second-order valence-corrected chi connectivity index (χ2v) is 0.408. The Labute approximate surface area is 33.7 Å². The Morgan fingerprint density at radius 1 is 2.25 bits per heavy atom. The maximum atomic E-state index is 5.22. The minimum Gasteiger partial charge on any atom is -0.331 e. The van der Waals surface area contributed by atoms with Crippen LogP contribution in [0.25, 0.3) is 0 Å². The van der Waals surface area contributed by atoms with Crippen LogP contribution in [0, 0.1) is 0 Å². The van der Waals surface area contributed by atoms with Gasteiger partial charge in [-0.3, -0.25) is 0 Å². The summed E-state index contributed by atoms with van der Waals surface area (Å²) in [5.74, 6) is 0. The van der Waals surface area contributed by atoms with Gasteiger partial charge in [-0.2, -0.15) is 0 Å². The van der Waals surface area contributed by atoms with Crippen LogP contribution in [-0.2, 0) is 0 Å². The highest BCUT2D eigenvalue weighted by Crippen LogP contribution is 1.20. The zero-order chi connectivity index (χ0) is 4.71. The van der Waals surface area contributed by atoms with Gasteiger partial charge in [0.1, 0.15) is 1.17 Å². The maximum absolute atomic E-state index is 5.22. The van der Waals surface area contributed by atoms with E-state index < -0.39 is 0 Å². The first-order valence-electron chi connectivity index (χ1n) is 1.49. The van der Waals surface area contributed by atoms with Gasteiger partial charge in [0, 0.05) is 0 Å². The molecule has 0 aromatic heterocycles. The Balaban J connectivity index is 0. The van der Waals surface area contributed by atoms with Crippen LogP contribution < -0.4 is 5.73 Å². The molecule has 0 aliphatic heterocycles. The minimum absolute atomic E-state index is 0.750. The maximum Gasteiger partial charge on any atom is 0.147 e. The molecule has 0 heterocycles. The van der Waals surface area contributed by atoms with Gasteiger partial charge < -0.3 is 5.73 Å². The van der Waals surface area contributed by atoms with Crippen molar-refractivity contribution in [1.82, 2.24) is 0 Å². The van der Waals surface area contributed by atoms with Gasteiger partial charge in [0.2, 0.25) is 0 Å². The topological polar surface area (TPSA) is 26.0 Å². The van der Waals surface area contributed by atoms with Crippen LogP contribution in [0.4, 0.5) is 0 Å². The minimum atomic E-state index is 0.750. The molecule has 1 nitrogen and oxygen atoms in total. The Bertz CT molecular complexity index is 9.61. The van der Waals surface area contributed by atoms with Crippen LogP contribution in [0.2, 0.25) is 0 Å². The second-order valence-electron chi connectivity index (χ2n) is 0.408. The lowest BCUT2D eigenvalue weighted by Gasteiger charge is -1.53. The number of rotatable bonds is 0. The summed E-state index contributed by atoms with van der Waals surface area (Å²) in [6.07, 6.45) is 0. The molecule has 0 atom stereocenters. The molecule has 0 aromatic rings. The molecular formula is C2H8ClN. The molecule has 0 unspecified atom stereocenters. The van der Waals surface area contributed by atoms with Crippen molar-refractivity contribution in [3.8, 4) is 0 Å². The van der Waals surface area contributed by atoms with Gasteiger partial charge in [0.25, 0.3) is 0 Å². The Kier molecular flexibility index (Phi) is 11.2. The summed E-state index contributed by atoms with van der Waals surface area (Å²) in [5, 5.41) is 0. The molecule has 0 aliphatic rings. The van der Waals surface area contributed by atoms with Crippen molar-refractivity contribution in [3.63, 3.8) is 0 Å². The largest absolute Gasteiger partial charge is 0.331 e. The predicted octanol–water partition coefficient (Wildman–Crippen LogP) is 0.387. The third-order valence-electron chi connectivity index (χ3n) is 0. The van der Waals surface area contributed by atoms with Crippen molar-refractivity contribution in [2.45, 2.75) is 6.92 Å². The molecule has 0 saturated carbocycles. The molecule has 0 rings (SSSR count). The first kappa shape index (κ1) is 4.25. The molecule has 0 spiro atoms. The molecule has 0 amide bonds. The molecule has 0 saturated heterocycles. The molecule has 2 heteroatoms. The average Bonchev–Trinajstić information content (AvgIpc) is 1.46. The van der Waals surface area contributed by atoms with E-state index in [0.29, 0.717) is 0 Å². The van der Waals surface area contributed by atoms with Gasteiger partial charge in [-0.15, -0.1) is 12.3 Å². The fourth-order valence-electron chi connectivity index (χ4n) is 0. The van der Waals surface area contributed by atoms with Crippen LogP contribution in [0.3, 0.4) is 0 Å². The SMILES string of the molecule is CCN.[2H]Cl. The molecule has 4 heavy (non-hydrogen) atoms. The van der Waals surface area contributed by atoms with E-state index >= 15 is 0 Å². The zero-order valence-electron chi connectivity index (χ0n) is 3.66. The molecule has 0 aromatic carbocycles. The van der Waals surface area contributed by atoms with Crippen molar-refractivity contribution < 1.29 is 0 Å². The molecule has 0 radical (unpaired) electrons. The number of halogens is 1. The van der Waals surface area contributed by atoms with Crippen LogP contribution in [0.5, 0.6) is 0 Å². The summed E-state index contributed by atoms with van der Waals surface area (Å²) in [6, 6.07) is 0. The zero-order valence-corrected chi connectivity index (χ0v) is 3.42. The van der Waals surface area contributed by atoms with E-state index in [-0.39, 0.29) is 0 Å². The standard InChI is InChI=1S/C2H7N.ClH/c1-2-3;/h2-3H2,1H3;1H/i/hD. The van der Waals surface area contributed by atoms with Crippen LogP contribution in [0.1, 0.15) is 6.92 Å². The van der Waals surface area contributed by atoms with Crippen LogP contribution >= 0.6 is 12.3 Å². The fraction of sp³-hybridized carbons (Fsp3) is 1.00. The normalized spacial score (nSPS) is 6.25. The summed E-state index contributed by atoms with van der Waals surface area (Å²) in [5.41, 5.74) is 4.85. The fourth-order valence-corrected chi connectivity index (χ4v) is 0. The van der Waals surface area contributed by atoms with Gasteiger partial charge in [0.05, 0.1) is 0 Å². The Hall–Kier alpha value is 0.250. The number of hydrogen-bond acceptors (Lipinski definition) is 1. The van der Waals surface area contributed by atoms with Gasteiger partial charge in [-0.05, 0) is 6.54 Å². The summed E-state index contributed by atoms with van der Waals surface area (Å²) in [6.45, 7) is 2.65. The second kappa shape index (κ2) is 10.5. The highest BCUT2D eigenvalue weighted by atomic mass is 35.5. The molecular weight excluding hydrogens is 73.5 g/mol. The van der Waals surface area contributed by atoms with E-state index in [1.54, 1.807) is 0 Å². The first-order chi connectivity index (χ1) is 2.41. The van der Waals surface area contributed by atoms with Gasteiger partial charge in [-0.25, -0.2) is 0 Å². The van der Waals surface area contributed by atoms with E-state index in [1.807, 2.05) is 6.92 Å². The highest BCUT2D eigenvalue weighted by Gasteiger charge is 1.32. The van der Waals surface area contributed by atoms with Gasteiger partial charge in [0.15, 0.2) is 0 Å². The predicted molar refractivity (Wildman–Crippen MR) is 22.0 cm³/mol. The lowest BCUT2D eigenvalue weighted by Crippen LogP contribution is -1.87. The lowest BCUT2D eigenvalue weighted by molar-refractivity contribution is 1.14. The van der Waals surface area contributed by atoms with E-state index in [0.717, 1.165) is 6.54 Å². The Morgan fingerprint density at radius 3 is 2.25 bits per heavy atom. The molecule has 0 aliphatic carbocycles. The van der Waals surface area contributed by atoms with Crippen molar-refractivity contribution >= 4 is 12.3 Å². The van der Waals surface area contributed by atoms with Gasteiger partial charge in [-0.1, -0.05) is 6.92 Å². The molecule has 2 N–H and O–H groups in total. The molecule has 0 fully saturated rings. The number of nitrogens with two attached hydrogens (primary N) is 1. The van der Waals surface area contributed by atoms with E-state index in [2.05, 4.69) is 12.3 Å². The smallest absolute Gasteiger partial charge is 0.147 e. The van der Waals surface area contributed by atoms with Crippen molar-refractivity contribution in [2.24, 2.45) is 5.73 Å². The summed E-state index contributed by atoms with van der Waals surface area (Å²) < 4.78 is 5.22. The van der Waals surface area contributed by atoms with Crippen LogP contribution in [-0.4, -0.2) is 7.72 Å². The lowest BCUT2D eigenvalue weighted by atomic mass is 10.8. The van der Waals surface area contributed by atoms with Crippen molar-refractivity contribution in [3.05, 3.63) is 0 Å². The van der Waals surface area contributed by atoms with Gasteiger partial charge >= 0.3 is 0 Å². The molecule has 28 valence electrons. The molecule has 0 bridgehead atoms. The van der Waals surface area contributed by atoms with Crippen LogP contribution in [0.15, 0.2) is 0 Å². The third kappa shape index (κ3) is 56.3. The highest BCUT2D eigenvalue weighted by molar-refractivity contribution is 5.85. The third-order valence-corrected chi connectivity index (χ3v) is 0. The average molecular weight is 82.6 g/mol. The van der Waals surface area contributed by atoms with Crippen molar-refractivity contribution in [1.29, 1.82) is 1.17 Å². The first-order valence-corrected chi connectivity index (χ1v) is 1.12. The monoisotopic (exact) mass is 82.0 g/mol. The van der Waals surface area contributed by atoms with Crippen molar-refractivity contribution in [2.75, 3.05) is 6.54 Å².